The number of anilines is 1. The normalized spacial score (nSPS) is 16.5. The monoisotopic (exact) mass is 319 g/mol. The molecule has 0 spiro atoms. The maximum absolute atomic E-state index is 12.3. The molecule has 0 fully saturated rings. The van der Waals surface area contributed by atoms with Gasteiger partial charge >= 0.3 is 0 Å². The number of aromatic hydroxyl groups is 1. The van der Waals surface area contributed by atoms with Gasteiger partial charge in [-0.1, -0.05) is 42.5 Å². The molecule has 1 amide bonds. The van der Waals surface area contributed by atoms with Gasteiger partial charge in [0.2, 0.25) is 5.91 Å². The highest BCUT2D eigenvalue weighted by molar-refractivity contribution is 6.07. The van der Waals surface area contributed by atoms with Crippen molar-refractivity contribution in [3.63, 3.8) is 0 Å². The van der Waals surface area contributed by atoms with Crippen LogP contribution >= 0.6 is 0 Å². The minimum atomic E-state index is -0.0725. The SMILES string of the molecule is COc1ccccc1[C@H]1CC(=O)Nc2c1ccc1c(O)cccc21. The molecule has 0 saturated heterocycles. The first kappa shape index (κ1) is 14.6. The minimum absolute atomic E-state index is 0.0331. The van der Waals surface area contributed by atoms with Crippen LogP contribution in [0.25, 0.3) is 10.8 Å². The van der Waals surface area contributed by atoms with Crippen LogP contribution < -0.4 is 10.1 Å². The molecular weight excluding hydrogens is 302 g/mol. The van der Waals surface area contributed by atoms with E-state index in [0.717, 1.165) is 33.3 Å². The van der Waals surface area contributed by atoms with Gasteiger partial charge in [0.15, 0.2) is 0 Å². The summed E-state index contributed by atoms with van der Waals surface area (Å²) in [7, 11) is 1.64. The number of fused-ring (bicyclic) bond motifs is 3. The van der Waals surface area contributed by atoms with Gasteiger partial charge in [0.25, 0.3) is 0 Å². The van der Waals surface area contributed by atoms with E-state index in [4.69, 9.17) is 4.74 Å². The second-order valence-corrected chi connectivity index (χ2v) is 5.95. The number of hydrogen-bond donors (Lipinski definition) is 2. The Bertz CT molecular complexity index is 949. The number of carbonyl (C=O) groups is 1. The molecular formula is C20H17NO3. The van der Waals surface area contributed by atoms with Gasteiger partial charge in [0, 0.05) is 28.7 Å². The quantitative estimate of drug-likeness (QED) is 0.750. The number of amides is 1. The van der Waals surface area contributed by atoms with E-state index >= 15 is 0 Å². The topological polar surface area (TPSA) is 58.6 Å². The fraction of sp³-hybridized carbons (Fsp3) is 0.150. The first-order chi connectivity index (χ1) is 11.7. The molecule has 3 aromatic carbocycles. The van der Waals surface area contributed by atoms with Crippen molar-refractivity contribution in [3.8, 4) is 11.5 Å². The molecule has 1 heterocycles. The highest BCUT2D eigenvalue weighted by atomic mass is 16.5. The molecule has 1 aliphatic rings. The number of carbonyl (C=O) groups excluding carboxylic acids is 1. The fourth-order valence-electron chi connectivity index (χ4n) is 3.51. The summed E-state index contributed by atoms with van der Waals surface area (Å²) in [5, 5.41) is 14.6. The smallest absolute Gasteiger partial charge is 0.225 e. The maximum atomic E-state index is 12.3. The molecule has 3 aromatic rings. The second-order valence-electron chi connectivity index (χ2n) is 5.95. The van der Waals surface area contributed by atoms with E-state index in [-0.39, 0.29) is 17.6 Å². The summed E-state index contributed by atoms with van der Waals surface area (Å²) in [6, 6.07) is 17.0. The van der Waals surface area contributed by atoms with Gasteiger partial charge in [-0.05, 0) is 17.7 Å². The van der Waals surface area contributed by atoms with E-state index < -0.39 is 0 Å². The van der Waals surface area contributed by atoms with Crippen molar-refractivity contribution < 1.29 is 14.6 Å². The Kier molecular flexibility index (Phi) is 3.38. The van der Waals surface area contributed by atoms with E-state index in [1.807, 2.05) is 42.5 Å². The molecule has 0 aromatic heterocycles. The van der Waals surface area contributed by atoms with Gasteiger partial charge in [-0.15, -0.1) is 0 Å². The lowest BCUT2D eigenvalue weighted by Crippen LogP contribution is -2.24. The maximum Gasteiger partial charge on any atom is 0.225 e. The third-order valence-electron chi connectivity index (χ3n) is 4.61. The van der Waals surface area contributed by atoms with Crippen molar-refractivity contribution in [2.45, 2.75) is 12.3 Å². The third kappa shape index (κ3) is 2.19. The van der Waals surface area contributed by atoms with Crippen molar-refractivity contribution in [1.29, 1.82) is 0 Å². The van der Waals surface area contributed by atoms with Crippen molar-refractivity contribution in [2.24, 2.45) is 0 Å². The van der Waals surface area contributed by atoms with Gasteiger partial charge in [-0.2, -0.15) is 0 Å². The van der Waals surface area contributed by atoms with Gasteiger partial charge in [-0.3, -0.25) is 4.79 Å². The molecule has 0 saturated carbocycles. The first-order valence-corrected chi connectivity index (χ1v) is 7.86. The highest BCUT2D eigenvalue weighted by Gasteiger charge is 2.29. The molecule has 4 rings (SSSR count). The van der Waals surface area contributed by atoms with E-state index in [1.54, 1.807) is 19.2 Å². The molecule has 120 valence electrons. The number of rotatable bonds is 2. The molecule has 4 nitrogen and oxygen atoms in total. The number of para-hydroxylation sites is 1. The van der Waals surface area contributed by atoms with E-state index in [1.165, 1.54) is 0 Å². The number of phenolic OH excluding ortho intramolecular Hbond substituents is 1. The summed E-state index contributed by atoms with van der Waals surface area (Å²) >= 11 is 0. The van der Waals surface area contributed by atoms with Gasteiger partial charge in [0.1, 0.15) is 11.5 Å². The van der Waals surface area contributed by atoms with Gasteiger partial charge < -0.3 is 15.2 Å². The van der Waals surface area contributed by atoms with E-state index in [0.29, 0.717) is 6.42 Å². The lowest BCUT2D eigenvalue weighted by molar-refractivity contribution is -0.116. The van der Waals surface area contributed by atoms with Crippen LogP contribution in [0.1, 0.15) is 23.5 Å². The summed E-state index contributed by atoms with van der Waals surface area (Å²) in [5.74, 6) is 0.883. The molecule has 1 aliphatic heterocycles. The number of benzene rings is 3. The zero-order valence-corrected chi connectivity index (χ0v) is 13.2. The zero-order valence-electron chi connectivity index (χ0n) is 13.2. The van der Waals surface area contributed by atoms with Crippen molar-refractivity contribution in [3.05, 3.63) is 65.7 Å². The number of ether oxygens (including phenoxy) is 1. The average Bonchev–Trinajstić information content (AvgIpc) is 2.61. The Labute approximate surface area is 139 Å². The Balaban J connectivity index is 1.97. The summed E-state index contributed by atoms with van der Waals surface area (Å²) in [4.78, 5) is 12.3. The minimum Gasteiger partial charge on any atom is -0.507 e. The van der Waals surface area contributed by atoms with E-state index in [2.05, 4.69) is 5.32 Å². The molecule has 0 unspecified atom stereocenters. The molecule has 24 heavy (non-hydrogen) atoms. The Hall–Kier alpha value is -3.01. The molecule has 4 heteroatoms. The fourth-order valence-corrected chi connectivity index (χ4v) is 3.51. The lowest BCUT2D eigenvalue weighted by Gasteiger charge is -2.28. The van der Waals surface area contributed by atoms with Crippen LogP contribution in [0.2, 0.25) is 0 Å². The predicted octanol–water partition coefficient (Wildman–Crippen LogP) is 4.03. The zero-order chi connectivity index (χ0) is 16.7. The number of nitrogens with one attached hydrogen (secondary N) is 1. The number of phenols is 1. The number of methoxy groups -OCH3 is 1. The summed E-state index contributed by atoms with van der Waals surface area (Å²) in [6.45, 7) is 0. The second kappa shape index (κ2) is 5.57. The first-order valence-electron chi connectivity index (χ1n) is 7.86. The third-order valence-corrected chi connectivity index (χ3v) is 4.61. The van der Waals surface area contributed by atoms with Crippen LogP contribution in [0.5, 0.6) is 11.5 Å². The molecule has 0 aliphatic carbocycles. The molecule has 0 bridgehead atoms. The average molecular weight is 319 g/mol. The molecule has 2 N–H and O–H groups in total. The molecule has 0 radical (unpaired) electrons. The van der Waals surface area contributed by atoms with Gasteiger partial charge in [-0.25, -0.2) is 0 Å². The molecule has 1 atom stereocenters. The predicted molar refractivity (Wildman–Crippen MR) is 93.7 cm³/mol. The van der Waals surface area contributed by atoms with Crippen LogP contribution in [-0.2, 0) is 4.79 Å². The largest absolute Gasteiger partial charge is 0.507 e. The van der Waals surface area contributed by atoms with Crippen LogP contribution in [0.4, 0.5) is 5.69 Å². The van der Waals surface area contributed by atoms with Crippen molar-refractivity contribution >= 4 is 22.4 Å². The Morgan fingerprint density at radius 1 is 1.00 bits per heavy atom. The van der Waals surface area contributed by atoms with Crippen LogP contribution in [0.3, 0.4) is 0 Å². The summed E-state index contributed by atoms with van der Waals surface area (Å²) < 4.78 is 5.48. The van der Waals surface area contributed by atoms with Crippen LogP contribution in [0.15, 0.2) is 54.6 Å². The Morgan fingerprint density at radius 2 is 1.83 bits per heavy atom. The van der Waals surface area contributed by atoms with Crippen LogP contribution in [0, 0.1) is 0 Å². The van der Waals surface area contributed by atoms with Crippen LogP contribution in [-0.4, -0.2) is 18.1 Å². The summed E-state index contributed by atoms with van der Waals surface area (Å²) in [5.41, 5.74) is 2.81. The number of hydrogen-bond acceptors (Lipinski definition) is 3. The standard InChI is InChI=1S/C20H17NO3/c1-24-18-8-3-2-5-13(18)16-11-19(23)21-20-14-6-4-7-17(22)12(14)9-10-15(16)20/h2-10,16,22H,11H2,1H3,(H,21,23)/t16-/m1/s1. The summed E-state index contributed by atoms with van der Waals surface area (Å²) in [6.07, 6.45) is 0.373. The highest BCUT2D eigenvalue weighted by Crippen LogP contribution is 2.44. The van der Waals surface area contributed by atoms with Gasteiger partial charge in [0.05, 0.1) is 12.8 Å². The van der Waals surface area contributed by atoms with Crippen molar-refractivity contribution in [2.75, 3.05) is 12.4 Å². The van der Waals surface area contributed by atoms with Crippen molar-refractivity contribution in [1.82, 2.24) is 0 Å². The van der Waals surface area contributed by atoms with E-state index in [9.17, 15) is 9.90 Å². The Morgan fingerprint density at radius 3 is 2.67 bits per heavy atom. The lowest BCUT2D eigenvalue weighted by atomic mass is 9.83.